The van der Waals surface area contributed by atoms with Gasteiger partial charge in [0, 0.05) is 24.1 Å². The van der Waals surface area contributed by atoms with Crippen molar-refractivity contribution in [2.24, 2.45) is 0 Å². The highest BCUT2D eigenvalue weighted by Crippen LogP contribution is 2.16. The van der Waals surface area contributed by atoms with Gasteiger partial charge in [0.2, 0.25) is 0 Å². The van der Waals surface area contributed by atoms with Crippen molar-refractivity contribution < 1.29 is 5.11 Å². The largest absolute Gasteiger partial charge is 0.396 e. The van der Waals surface area contributed by atoms with Crippen molar-refractivity contribution in [1.82, 2.24) is 5.32 Å². The van der Waals surface area contributed by atoms with E-state index < -0.39 is 0 Å². The van der Waals surface area contributed by atoms with Crippen LogP contribution in [-0.4, -0.2) is 18.3 Å². The first-order valence-electron chi connectivity index (χ1n) is 6.31. The maximum Gasteiger partial charge on any atom is 0.0449 e. The molecule has 1 aromatic heterocycles. The van der Waals surface area contributed by atoms with Gasteiger partial charge in [0.1, 0.15) is 0 Å². The minimum atomic E-state index is 0.214. The highest BCUT2D eigenvalue weighted by atomic mass is 32.1. The Morgan fingerprint density at radius 1 is 1.11 bits per heavy atom. The van der Waals surface area contributed by atoms with Crippen LogP contribution < -0.4 is 5.32 Å². The monoisotopic (exact) mass is 261 g/mol. The van der Waals surface area contributed by atoms with Gasteiger partial charge >= 0.3 is 0 Å². The molecule has 0 saturated carbocycles. The Hall–Kier alpha value is -1.16. The predicted molar refractivity (Wildman–Crippen MR) is 76.9 cm³/mol. The van der Waals surface area contributed by atoms with Crippen molar-refractivity contribution in [2.45, 2.75) is 18.9 Å². The summed E-state index contributed by atoms with van der Waals surface area (Å²) < 4.78 is 0. The molecule has 0 aliphatic rings. The molecule has 1 aromatic carbocycles. The van der Waals surface area contributed by atoms with Crippen LogP contribution in [0.1, 0.15) is 22.9 Å². The van der Waals surface area contributed by atoms with E-state index in [4.69, 9.17) is 5.11 Å². The van der Waals surface area contributed by atoms with Gasteiger partial charge in [-0.05, 0) is 29.9 Å². The summed E-state index contributed by atoms with van der Waals surface area (Å²) in [4.78, 5) is 1.40. The number of rotatable bonds is 7. The van der Waals surface area contributed by atoms with Crippen LogP contribution in [0.5, 0.6) is 0 Å². The topological polar surface area (TPSA) is 32.3 Å². The number of thiophene rings is 1. The summed E-state index contributed by atoms with van der Waals surface area (Å²) in [6.07, 6.45) is 1.81. The van der Waals surface area contributed by atoms with Gasteiger partial charge < -0.3 is 10.4 Å². The Bertz CT molecular complexity index is 427. The first-order valence-corrected chi connectivity index (χ1v) is 7.19. The lowest BCUT2D eigenvalue weighted by Crippen LogP contribution is -2.24. The smallest absolute Gasteiger partial charge is 0.0449 e. The van der Waals surface area contributed by atoms with Gasteiger partial charge in [-0.1, -0.05) is 36.4 Å². The SMILES string of the molecule is OCCC(NCCc1cccs1)c1ccccc1. The lowest BCUT2D eigenvalue weighted by Gasteiger charge is -2.18. The van der Waals surface area contributed by atoms with Crippen molar-refractivity contribution in [3.05, 3.63) is 58.3 Å². The van der Waals surface area contributed by atoms with Crippen molar-refractivity contribution in [1.29, 1.82) is 0 Å². The maximum atomic E-state index is 9.14. The molecule has 0 aliphatic heterocycles. The van der Waals surface area contributed by atoms with Crippen LogP contribution in [0.25, 0.3) is 0 Å². The maximum absolute atomic E-state index is 9.14. The van der Waals surface area contributed by atoms with Gasteiger partial charge in [-0.25, -0.2) is 0 Å². The third-order valence-electron chi connectivity index (χ3n) is 2.96. The van der Waals surface area contributed by atoms with E-state index in [1.807, 2.05) is 18.2 Å². The van der Waals surface area contributed by atoms with E-state index in [1.165, 1.54) is 10.4 Å². The fraction of sp³-hybridized carbons (Fsp3) is 0.333. The summed E-state index contributed by atoms with van der Waals surface area (Å²) >= 11 is 1.79. The molecule has 1 unspecified atom stereocenters. The van der Waals surface area contributed by atoms with Gasteiger partial charge in [0.25, 0.3) is 0 Å². The van der Waals surface area contributed by atoms with Gasteiger partial charge in [-0.3, -0.25) is 0 Å². The average molecular weight is 261 g/mol. The molecule has 1 atom stereocenters. The van der Waals surface area contributed by atoms with E-state index >= 15 is 0 Å². The summed E-state index contributed by atoms with van der Waals surface area (Å²) in [5.74, 6) is 0. The molecule has 0 saturated heterocycles. The second-order valence-electron chi connectivity index (χ2n) is 4.26. The van der Waals surface area contributed by atoms with Crippen LogP contribution in [0.3, 0.4) is 0 Å². The number of aliphatic hydroxyl groups is 1. The molecule has 96 valence electrons. The van der Waals surface area contributed by atoms with E-state index in [0.29, 0.717) is 0 Å². The molecule has 0 spiro atoms. The Morgan fingerprint density at radius 2 is 1.94 bits per heavy atom. The molecule has 2 nitrogen and oxygen atoms in total. The summed E-state index contributed by atoms with van der Waals surface area (Å²) in [5.41, 5.74) is 1.25. The zero-order valence-corrected chi connectivity index (χ0v) is 11.2. The van der Waals surface area contributed by atoms with Crippen molar-refractivity contribution in [2.75, 3.05) is 13.2 Å². The van der Waals surface area contributed by atoms with E-state index in [-0.39, 0.29) is 12.6 Å². The van der Waals surface area contributed by atoms with E-state index in [1.54, 1.807) is 11.3 Å². The molecule has 1 heterocycles. The molecule has 2 aromatic rings. The molecule has 0 bridgehead atoms. The standard InChI is InChI=1S/C15H19NOS/c17-11-9-15(13-5-2-1-3-6-13)16-10-8-14-7-4-12-18-14/h1-7,12,15-17H,8-11H2. The predicted octanol–water partition coefficient (Wildman–Crippen LogP) is 3.00. The second kappa shape index (κ2) is 7.31. The average Bonchev–Trinajstić information content (AvgIpc) is 2.92. The number of hydrogen-bond donors (Lipinski definition) is 2. The van der Waals surface area contributed by atoms with Crippen LogP contribution in [0.4, 0.5) is 0 Å². The van der Waals surface area contributed by atoms with Gasteiger partial charge in [-0.2, -0.15) is 0 Å². The van der Waals surface area contributed by atoms with Gasteiger partial charge in [0.15, 0.2) is 0 Å². The number of nitrogens with one attached hydrogen (secondary N) is 1. The van der Waals surface area contributed by atoms with Crippen LogP contribution in [0.2, 0.25) is 0 Å². The highest BCUT2D eigenvalue weighted by Gasteiger charge is 2.09. The van der Waals surface area contributed by atoms with Crippen molar-refractivity contribution in [3.8, 4) is 0 Å². The van der Waals surface area contributed by atoms with E-state index in [2.05, 4.69) is 35.0 Å². The molecule has 2 N–H and O–H groups in total. The Labute approximate surface area is 112 Å². The van der Waals surface area contributed by atoms with Crippen LogP contribution >= 0.6 is 11.3 Å². The lowest BCUT2D eigenvalue weighted by atomic mass is 10.0. The Morgan fingerprint density at radius 3 is 2.61 bits per heavy atom. The highest BCUT2D eigenvalue weighted by molar-refractivity contribution is 7.09. The lowest BCUT2D eigenvalue weighted by molar-refractivity contribution is 0.266. The third kappa shape index (κ3) is 3.95. The van der Waals surface area contributed by atoms with Crippen molar-refractivity contribution in [3.63, 3.8) is 0 Å². The van der Waals surface area contributed by atoms with Crippen LogP contribution in [0, 0.1) is 0 Å². The fourth-order valence-corrected chi connectivity index (χ4v) is 2.73. The third-order valence-corrected chi connectivity index (χ3v) is 3.90. The quantitative estimate of drug-likeness (QED) is 0.803. The summed E-state index contributed by atoms with van der Waals surface area (Å²) in [6.45, 7) is 1.16. The second-order valence-corrected chi connectivity index (χ2v) is 5.29. The van der Waals surface area contributed by atoms with Gasteiger partial charge in [0.05, 0.1) is 0 Å². The van der Waals surface area contributed by atoms with Crippen LogP contribution in [0.15, 0.2) is 47.8 Å². The molecule has 0 aliphatic carbocycles. The minimum absolute atomic E-state index is 0.214. The summed E-state index contributed by atoms with van der Waals surface area (Å²) in [5, 5.41) is 14.8. The van der Waals surface area contributed by atoms with Crippen molar-refractivity contribution >= 4 is 11.3 Å². The zero-order valence-electron chi connectivity index (χ0n) is 10.4. The molecular formula is C15H19NOS. The normalized spacial score (nSPS) is 12.5. The molecule has 0 fully saturated rings. The number of benzene rings is 1. The van der Waals surface area contributed by atoms with Gasteiger partial charge in [-0.15, -0.1) is 11.3 Å². The molecular weight excluding hydrogens is 242 g/mol. The molecule has 2 rings (SSSR count). The summed E-state index contributed by atoms with van der Waals surface area (Å²) in [6, 6.07) is 14.8. The Kier molecular flexibility index (Phi) is 5.39. The summed E-state index contributed by atoms with van der Waals surface area (Å²) in [7, 11) is 0. The minimum Gasteiger partial charge on any atom is -0.396 e. The molecule has 3 heteroatoms. The number of hydrogen-bond acceptors (Lipinski definition) is 3. The molecule has 0 amide bonds. The van der Waals surface area contributed by atoms with E-state index in [0.717, 1.165) is 19.4 Å². The number of aliphatic hydroxyl groups excluding tert-OH is 1. The molecule has 0 radical (unpaired) electrons. The first kappa shape index (κ1) is 13.3. The fourth-order valence-electron chi connectivity index (χ4n) is 2.03. The van der Waals surface area contributed by atoms with E-state index in [9.17, 15) is 0 Å². The Balaban J connectivity index is 1.87. The zero-order chi connectivity index (χ0) is 12.6. The van der Waals surface area contributed by atoms with Crippen LogP contribution in [-0.2, 0) is 6.42 Å². The molecule has 18 heavy (non-hydrogen) atoms. The first-order chi connectivity index (χ1) is 8.90.